The molecule has 208 valence electrons. The minimum Gasteiger partial charge on any atom is -0.481 e. The van der Waals surface area contributed by atoms with Crippen LogP contribution in [0.2, 0.25) is 0 Å². The molecule has 0 aromatic heterocycles. The molecule has 0 amide bonds. The predicted octanol–water partition coefficient (Wildman–Crippen LogP) is 1.46. The molecule has 0 bridgehead atoms. The van der Waals surface area contributed by atoms with Crippen LogP contribution in [0.4, 0.5) is 0 Å². The Morgan fingerprint density at radius 2 is 1.03 bits per heavy atom. The number of ether oxygens (including phenoxy) is 2. The Bertz CT molecular complexity index is 805. The third kappa shape index (κ3) is 11.4. The van der Waals surface area contributed by atoms with Crippen molar-refractivity contribution in [3.63, 3.8) is 0 Å². The molecule has 0 aromatic rings. The van der Waals surface area contributed by atoms with Crippen LogP contribution in [0.1, 0.15) is 96.3 Å². The predicted molar refractivity (Wildman–Crippen MR) is 124 cm³/mol. The monoisotopic (exact) mass is 528 g/mol. The van der Waals surface area contributed by atoms with Gasteiger partial charge in [-0.25, -0.2) is 0 Å². The first-order chi connectivity index (χ1) is 17.3. The summed E-state index contributed by atoms with van der Waals surface area (Å²) in [6.07, 6.45) is -0.447. The fraction of sp³-hybridized carbons (Fsp3) is 0.760. The molecule has 4 atom stereocenters. The molecule has 2 fully saturated rings. The summed E-state index contributed by atoms with van der Waals surface area (Å²) in [6.45, 7) is 0. The summed E-state index contributed by atoms with van der Waals surface area (Å²) in [5, 5.41) is 38.5. The summed E-state index contributed by atoms with van der Waals surface area (Å²) in [5.74, 6) is -3.85. The van der Waals surface area contributed by atoms with Gasteiger partial charge in [0.2, 0.25) is 0 Å². The highest BCUT2D eigenvalue weighted by molar-refractivity contribution is 5.81. The minimum atomic E-state index is -1.64. The van der Waals surface area contributed by atoms with Crippen LogP contribution in [-0.2, 0) is 38.2 Å². The Balaban J connectivity index is 1.59. The van der Waals surface area contributed by atoms with Gasteiger partial charge in [-0.1, -0.05) is 0 Å². The molecule has 0 aliphatic carbocycles. The van der Waals surface area contributed by atoms with Gasteiger partial charge in [0.05, 0.1) is 36.9 Å². The van der Waals surface area contributed by atoms with E-state index in [1.807, 2.05) is 0 Å². The molecule has 0 radical (unpaired) electrons. The summed E-state index contributed by atoms with van der Waals surface area (Å²) < 4.78 is 10.3. The van der Waals surface area contributed by atoms with Crippen LogP contribution in [-0.4, -0.2) is 79.3 Å². The highest BCUT2D eigenvalue weighted by atomic mass is 16.6. The molecule has 0 saturated carbocycles. The molecule has 12 nitrogen and oxygen atoms in total. The SMILES string of the molecule is O=C(O)CC1(O)CC(=O)OC(CCCC(=O)CCCC(=O)CCCC2CC(O)(CC(=O)O)CC(=O)O2)C1. The molecule has 37 heavy (non-hydrogen) atoms. The van der Waals surface area contributed by atoms with E-state index in [-0.39, 0.29) is 62.9 Å². The topological polar surface area (TPSA) is 202 Å². The van der Waals surface area contributed by atoms with Gasteiger partial charge in [-0.2, -0.15) is 0 Å². The number of carboxylic acid groups (broad SMARTS) is 2. The summed E-state index contributed by atoms with van der Waals surface area (Å²) in [6, 6.07) is 0. The number of aliphatic hydroxyl groups is 2. The van der Waals surface area contributed by atoms with E-state index in [0.29, 0.717) is 32.1 Å². The van der Waals surface area contributed by atoms with Crippen molar-refractivity contribution in [2.24, 2.45) is 0 Å². The minimum absolute atomic E-state index is 0.00659. The van der Waals surface area contributed by atoms with E-state index in [0.717, 1.165) is 0 Å². The third-order valence-corrected chi connectivity index (χ3v) is 6.59. The van der Waals surface area contributed by atoms with E-state index in [1.54, 1.807) is 0 Å². The number of ketones is 2. The largest absolute Gasteiger partial charge is 0.481 e. The second-order valence-electron chi connectivity index (χ2n) is 10.3. The molecule has 0 aromatic carbocycles. The molecule has 2 heterocycles. The maximum absolute atomic E-state index is 12.1. The number of hydrogen-bond acceptors (Lipinski definition) is 10. The van der Waals surface area contributed by atoms with Crippen molar-refractivity contribution >= 4 is 35.4 Å². The Labute approximate surface area is 214 Å². The molecule has 2 saturated heterocycles. The van der Waals surface area contributed by atoms with Crippen molar-refractivity contribution in [2.75, 3.05) is 0 Å². The second kappa shape index (κ2) is 13.6. The number of aliphatic carboxylic acids is 2. The van der Waals surface area contributed by atoms with Gasteiger partial charge >= 0.3 is 23.9 Å². The molecule has 12 heteroatoms. The number of carbonyl (C=O) groups is 6. The lowest BCUT2D eigenvalue weighted by Crippen LogP contribution is -2.44. The van der Waals surface area contributed by atoms with Crippen molar-refractivity contribution in [3.8, 4) is 0 Å². The highest BCUT2D eigenvalue weighted by Crippen LogP contribution is 2.32. The summed E-state index contributed by atoms with van der Waals surface area (Å²) in [7, 11) is 0. The molecule has 4 N–H and O–H groups in total. The summed E-state index contributed by atoms with van der Waals surface area (Å²) >= 11 is 0. The van der Waals surface area contributed by atoms with Crippen molar-refractivity contribution < 1.29 is 58.7 Å². The molecule has 4 unspecified atom stereocenters. The fourth-order valence-electron chi connectivity index (χ4n) is 5.01. The van der Waals surface area contributed by atoms with Crippen LogP contribution in [0.15, 0.2) is 0 Å². The number of hydrogen-bond donors (Lipinski definition) is 4. The zero-order valence-corrected chi connectivity index (χ0v) is 20.8. The van der Waals surface area contributed by atoms with E-state index in [2.05, 4.69) is 0 Å². The van der Waals surface area contributed by atoms with E-state index < -0.39 is 60.1 Å². The Hall–Kier alpha value is -2.86. The lowest BCUT2D eigenvalue weighted by atomic mass is 9.85. The molecular formula is C25H36O12. The van der Waals surface area contributed by atoms with Gasteiger partial charge in [-0.05, 0) is 32.1 Å². The standard InChI is InChI=1S/C25H36O12/c26-16(6-2-8-18-10-24(34,12-20(28)29)14-22(32)36-18)4-1-5-17(27)7-3-9-19-11-25(35,13-21(30)31)15-23(33)37-19/h18-19,34-35H,1-15H2,(H,28,29)(H,30,31). The number of esters is 2. The van der Waals surface area contributed by atoms with Crippen molar-refractivity contribution in [1.29, 1.82) is 0 Å². The first-order valence-electron chi connectivity index (χ1n) is 12.6. The van der Waals surface area contributed by atoms with Crippen LogP contribution >= 0.6 is 0 Å². The van der Waals surface area contributed by atoms with Gasteiger partial charge in [-0.15, -0.1) is 0 Å². The average Bonchev–Trinajstić information content (AvgIpc) is 2.70. The van der Waals surface area contributed by atoms with Crippen LogP contribution in [0.25, 0.3) is 0 Å². The fourth-order valence-corrected chi connectivity index (χ4v) is 5.01. The van der Waals surface area contributed by atoms with Crippen molar-refractivity contribution in [1.82, 2.24) is 0 Å². The summed E-state index contributed by atoms with van der Waals surface area (Å²) in [5.41, 5.74) is -3.29. The first kappa shape index (κ1) is 30.4. The van der Waals surface area contributed by atoms with Crippen LogP contribution in [0, 0.1) is 0 Å². The van der Waals surface area contributed by atoms with Crippen molar-refractivity contribution in [2.45, 2.75) is 120 Å². The van der Waals surface area contributed by atoms with Gasteiger partial charge in [0.15, 0.2) is 0 Å². The molecule has 2 aliphatic rings. The maximum atomic E-state index is 12.1. The van der Waals surface area contributed by atoms with Gasteiger partial charge in [-0.3, -0.25) is 28.8 Å². The molecule has 2 aliphatic heterocycles. The number of carboxylic acids is 2. The third-order valence-electron chi connectivity index (χ3n) is 6.59. The van der Waals surface area contributed by atoms with Gasteiger partial charge < -0.3 is 29.9 Å². The first-order valence-corrected chi connectivity index (χ1v) is 12.6. The lowest BCUT2D eigenvalue weighted by molar-refractivity contribution is -0.176. The van der Waals surface area contributed by atoms with Gasteiger partial charge in [0.25, 0.3) is 0 Å². The molecule has 0 spiro atoms. The molecule has 2 rings (SSSR count). The number of rotatable bonds is 16. The van der Waals surface area contributed by atoms with Gasteiger partial charge in [0.1, 0.15) is 23.8 Å². The number of Topliss-reactive ketones (excluding diaryl/α,β-unsaturated/α-hetero) is 2. The quantitative estimate of drug-likeness (QED) is 0.210. The van der Waals surface area contributed by atoms with E-state index in [9.17, 15) is 39.0 Å². The Morgan fingerprint density at radius 3 is 1.38 bits per heavy atom. The lowest BCUT2D eigenvalue weighted by Gasteiger charge is -2.35. The Kier molecular flexibility index (Phi) is 11.2. The van der Waals surface area contributed by atoms with E-state index in [4.69, 9.17) is 19.7 Å². The van der Waals surface area contributed by atoms with Crippen LogP contribution in [0.3, 0.4) is 0 Å². The zero-order valence-electron chi connectivity index (χ0n) is 20.8. The van der Waals surface area contributed by atoms with Crippen LogP contribution < -0.4 is 0 Å². The highest BCUT2D eigenvalue weighted by Gasteiger charge is 2.42. The van der Waals surface area contributed by atoms with E-state index >= 15 is 0 Å². The second-order valence-corrected chi connectivity index (χ2v) is 10.3. The van der Waals surface area contributed by atoms with E-state index in [1.165, 1.54) is 0 Å². The maximum Gasteiger partial charge on any atom is 0.309 e. The number of carbonyl (C=O) groups excluding carboxylic acids is 4. The van der Waals surface area contributed by atoms with Crippen molar-refractivity contribution in [3.05, 3.63) is 0 Å². The summed E-state index contributed by atoms with van der Waals surface area (Å²) in [4.78, 5) is 69.5. The zero-order chi connectivity index (χ0) is 27.6. The Morgan fingerprint density at radius 1 is 0.676 bits per heavy atom. The normalized spacial score (nSPS) is 27.7. The van der Waals surface area contributed by atoms with Gasteiger partial charge in [0, 0.05) is 38.5 Å². The average molecular weight is 529 g/mol. The molecular weight excluding hydrogens is 492 g/mol. The van der Waals surface area contributed by atoms with Crippen LogP contribution in [0.5, 0.6) is 0 Å². The number of cyclic esters (lactones) is 2. The smallest absolute Gasteiger partial charge is 0.309 e.